The Balaban J connectivity index is 1.71. The van der Waals surface area contributed by atoms with Crippen molar-refractivity contribution in [2.75, 3.05) is 13.2 Å². The first-order chi connectivity index (χ1) is 14.9. The molecule has 31 heavy (non-hydrogen) atoms. The van der Waals surface area contributed by atoms with Crippen molar-refractivity contribution in [1.29, 1.82) is 0 Å². The summed E-state index contributed by atoms with van der Waals surface area (Å²) in [5.41, 5.74) is 5.22. The summed E-state index contributed by atoms with van der Waals surface area (Å²) >= 11 is 14.2. The maximum Gasteiger partial charge on any atom is 0.276 e. The van der Waals surface area contributed by atoms with Crippen LogP contribution in [0.5, 0.6) is 11.5 Å². The Kier molecular flexibility index (Phi) is 10.6. The van der Waals surface area contributed by atoms with Crippen molar-refractivity contribution in [2.24, 2.45) is 0 Å². The van der Waals surface area contributed by atoms with Crippen LogP contribution in [0.4, 0.5) is 0 Å². The van der Waals surface area contributed by atoms with Crippen LogP contribution in [0, 0.1) is 0 Å². The SMILES string of the molecule is CCCCCOc1ccc(C(=O)NC(=S)NNC(=O)COc2ccc(Cl)cc2Br)cc1. The van der Waals surface area contributed by atoms with Crippen LogP contribution in [-0.2, 0) is 4.79 Å². The highest BCUT2D eigenvalue weighted by Crippen LogP contribution is 2.27. The van der Waals surface area contributed by atoms with Gasteiger partial charge in [-0.15, -0.1) is 0 Å². The van der Waals surface area contributed by atoms with Gasteiger partial charge in [0.2, 0.25) is 0 Å². The van der Waals surface area contributed by atoms with Crippen LogP contribution in [0.25, 0.3) is 0 Å². The molecule has 10 heteroatoms. The average molecular weight is 529 g/mol. The average Bonchev–Trinajstić information content (AvgIpc) is 2.75. The monoisotopic (exact) mass is 527 g/mol. The Hall–Kier alpha value is -2.36. The largest absolute Gasteiger partial charge is 0.494 e. The summed E-state index contributed by atoms with van der Waals surface area (Å²) in [7, 11) is 0. The Morgan fingerprint density at radius 3 is 2.48 bits per heavy atom. The van der Waals surface area contributed by atoms with Gasteiger partial charge >= 0.3 is 0 Å². The van der Waals surface area contributed by atoms with Crippen LogP contribution in [-0.4, -0.2) is 30.1 Å². The number of hydrogen-bond acceptors (Lipinski definition) is 5. The molecule has 0 spiro atoms. The molecule has 166 valence electrons. The highest BCUT2D eigenvalue weighted by atomic mass is 79.9. The molecule has 7 nitrogen and oxygen atoms in total. The molecule has 0 saturated heterocycles. The number of carbonyl (C=O) groups excluding carboxylic acids is 2. The Bertz CT molecular complexity index is 912. The lowest BCUT2D eigenvalue weighted by Crippen LogP contribution is -2.49. The minimum atomic E-state index is -0.483. The molecule has 0 bridgehead atoms. The summed E-state index contributed by atoms with van der Waals surface area (Å²) in [6.07, 6.45) is 3.24. The van der Waals surface area contributed by atoms with Crippen molar-refractivity contribution in [3.05, 3.63) is 57.5 Å². The summed E-state index contributed by atoms with van der Waals surface area (Å²) < 4.78 is 11.6. The van der Waals surface area contributed by atoms with Crippen molar-refractivity contribution in [3.63, 3.8) is 0 Å². The quantitative estimate of drug-likeness (QED) is 0.254. The second-order valence-electron chi connectivity index (χ2n) is 6.40. The smallest absolute Gasteiger partial charge is 0.276 e. The highest BCUT2D eigenvalue weighted by molar-refractivity contribution is 9.10. The van der Waals surface area contributed by atoms with Crippen molar-refractivity contribution in [2.45, 2.75) is 26.2 Å². The van der Waals surface area contributed by atoms with Crippen molar-refractivity contribution < 1.29 is 19.1 Å². The number of carbonyl (C=O) groups is 2. The van der Waals surface area contributed by atoms with Crippen molar-refractivity contribution in [1.82, 2.24) is 16.2 Å². The van der Waals surface area contributed by atoms with Gasteiger partial charge in [0.25, 0.3) is 11.8 Å². The molecule has 0 fully saturated rings. The molecule has 0 atom stereocenters. The van der Waals surface area contributed by atoms with E-state index < -0.39 is 11.8 Å². The summed E-state index contributed by atoms with van der Waals surface area (Å²) in [5.74, 6) is 0.273. The maximum atomic E-state index is 12.3. The molecule has 2 aromatic carbocycles. The van der Waals surface area contributed by atoms with Crippen LogP contribution in [0.2, 0.25) is 5.02 Å². The minimum Gasteiger partial charge on any atom is -0.494 e. The molecule has 3 N–H and O–H groups in total. The van der Waals surface area contributed by atoms with E-state index in [1.807, 2.05) is 0 Å². The predicted octanol–water partition coefficient (Wildman–Crippen LogP) is 4.39. The lowest BCUT2D eigenvalue weighted by atomic mass is 10.2. The van der Waals surface area contributed by atoms with Crippen LogP contribution in [0.3, 0.4) is 0 Å². The lowest BCUT2D eigenvalue weighted by Gasteiger charge is -2.12. The molecule has 0 aliphatic carbocycles. The van der Waals surface area contributed by atoms with Gasteiger partial charge in [-0.05, 0) is 77.0 Å². The minimum absolute atomic E-state index is 0.0501. The fourth-order valence-corrected chi connectivity index (χ4v) is 3.29. The second-order valence-corrected chi connectivity index (χ2v) is 8.10. The molecular formula is C21H23BrClN3O4S. The van der Waals surface area contributed by atoms with Crippen molar-refractivity contribution >= 4 is 56.7 Å². The first-order valence-electron chi connectivity index (χ1n) is 9.60. The van der Waals surface area contributed by atoms with Crippen LogP contribution < -0.4 is 25.6 Å². The summed E-state index contributed by atoms with van der Waals surface area (Å²) in [4.78, 5) is 24.1. The summed E-state index contributed by atoms with van der Waals surface area (Å²) in [6.45, 7) is 2.52. The number of hydrogen-bond donors (Lipinski definition) is 3. The molecule has 2 rings (SSSR count). The number of ether oxygens (including phenoxy) is 2. The summed E-state index contributed by atoms with van der Waals surface area (Å²) in [6, 6.07) is 11.7. The van der Waals surface area contributed by atoms with E-state index in [0.717, 1.165) is 19.3 Å². The Morgan fingerprint density at radius 1 is 1.06 bits per heavy atom. The first-order valence-corrected chi connectivity index (χ1v) is 11.2. The van der Waals surface area contributed by atoms with Crippen LogP contribution in [0.1, 0.15) is 36.5 Å². The zero-order valence-electron chi connectivity index (χ0n) is 16.9. The first kappa shape index (κ1) is 24.9. The van der Waals surface area contributed by atoms with Gasteiger partial charge in [0.15, 0.2) is 11.7 Å². The van der Waals surface area contributed by atoms with Crippen LogP contribution in [0.15, 0.2) is 46.9 Å². The molecule has 0 aromatic heterocycles. The number of amides is 2. The normalized spacial score (nSPS) is 10.2. The fourth-order valence-electron chi connectivity index (χ4n) is 2.35. The van der Waals surface area contributed by atoms with E-state index in [0.29, 0.717) is 33.2 Å². The third kappa shape index (κ3) is 9.12. The zero-order valence-corrected chi connectivity index (χ0v) is 20.0. The molecule has 0 aliphatic heterocycles. The summed E-state index contributed by atoms with van der Waals surface area (Å²) in [5, 5.41) is 2.98. The van der Waals surface area contributed by atoms with Gasteiger partial charge in [-0.25, -0.2) is 0 Å². The van der Waals surface area contributed by atoms with Crippen molar-refractivity contribution in [3.8, 4) is 11.5 Å². The van der Waals surface area contributed by atoms with E-state index in [-0.39, 0.29) is 11.7 Å². The van der Waals surface area contributed by atoms with Crippen LogP contribution >= 0.6 is 39.7 Å². The standard InChI is InChI=1S/C21H23BrClN3O4S/c1-2-3-4-11-29-16-8-5-14(6-9-16)20(28)24-21(31)26-25-19(27)13-30-18-10-7-15(23)12-17(18)22/h5-10,12H,2-4,11,13H2,1H3,(H,25,27)(H2,24,26,28,31). The zero-order chi connectivity index (χ0) is 22.6. The molecule has 0 radical (unpaired) electrons. The molecule has 2 amide bonds. The van der Waals surface area contributed by atoms with E-state index in [2.05, 4.69) is 39.0 Å². The Labute approximate surface area is 199 Å². The van der Waals surface area contributed by atoms with E-state index in [9.17, 15) is 9.59 Å². The number of thiocarbonyl (C=S) groups is 1. The third-order valence-electron chi connectivity index (χ3n) is 3.93. The molecule has 0 saturated carbocycles. The third-order valence-corrected chi connectivity index (χ3v) is 4.99. The predicted molar refractivity (Wildman–Crippen MR) is 127 cm³/mol. The van der Waals surface area contributed by atoms with E-state index in [4.69, 9.17) is 33.3 Å². The Morgan fingerprint density at radius 2 is 1.81 bits per heavy atom. The molecule has 0 heterocycles. The number of rotatable bonds is 9. The van der Waals surface area contributed by atoms with E-state index >= 15 is 0 Å². The highest BCUT2D eigenvalue weighted by Gasteiger charge is 2.10. The van der Waals surface area contributed by atoms with Gasteiger partial charge in [0.05, 0.1) is 11.1 Å². The number of benzene rings is 2. The lowest BCUT2D eigenvalue weighted by molar-refractivity contribution is -0.123. The van der Waals surface area contributed by atoms with Gasteiger partial charge in [0, 0.05) is 10.6 Å². The number of unbranched alkanes of at least 4 members (excludes halogenated alkanes) is 2. The number of nitrogens with one attached hydrogen (secondary N) is 3. The van der Waals surface area contributed by atoms with Gasteiger partial charge in [0.1, 0.15) is 11.5 Å². The molecule has 0 unspecified atom stereocenters. The number of hydrazine groups is 1. The molecule has 0 aliphatic rings. The second kappa shape index (κ2) is 13.1. The van der Waals surface area contributed by atoms with Gasteiger partial charge in [-0.1, -0.05) is 31.4 Å². The molecular weight excluding hydrogens is 506 g/mol. The maximum absolute atomic E-state index is 12.3. The number of halogens is 2. The van der Waals surface area contributed by atoms with E-state index in [1.165, 1.54) is 0 Å². The van der Waals surface area contributed by atoms with Gasteiger partial charge < -0.3 is 9.47 Å². The van der Waals surface area contributed by atoms with Gasteiger partial charge in [-0.3, -0.25) is 25.8 Å². The van der Waals surface area contributed by atoms with E-state index in [1.54, 1.807) is 42.5 Å². The van der Waals surface area contributed by atoms with Gasteiger partial charge in [-0.2, -0.15) is 0 Å². The fraction of sp³-hybridized carbons (Fsp3) is 0.286. The topological polar surface area (TPSA) is 88.7 Å². The molecule has 2 aromatic rings.